The van der Waals surface area contributed by atoms with Crippen LogP contribution in [0.5, 0.6) is 0 Å². The van der Waals surface area contributed by atoms with Crippen molar-refractivity contribution in [2.24, 2.45) is 11.0 Å². The van der Waals surface area contributed by atoms with Crippen LogP contribution in [0.2, 0.25) is 0 Å². The van der Waals surface area contributed by atoms with E-state index in [0.717, 1.165) is 22.8 Å². The molecule has 0 aliphatic heterocycles. The van der Waals surface area contributed by atoms with E-state index in [1.807, 2.05) is 44.2 Å². The van der Waals surface area contributed by atoms with Crippen LogP contribution in [0, 0.1) is 5.92 Å². The van der Waals surface area contributed by atoms with Crippen LogP contribution in [0.1, 0.15) is 36.2 Å². The van der Waals surface area contributed by atoms with Crippen LogP contribution in [0.25, 0.3) is 10.8 Å². The number of hydrogen-bond donors (Lipinski definition) is 1. The lowest BCUT2D eigenvalue weighted by Crippen LogP contribution is -2.26. The Hall–Kier alpha value is -2.49. The van der Waals surface area contributed by atoms with Gasteiger partial charge in [-0.15, -0.1) is 0 Å². The maximum Gasteiger partial charge on any atom is 0.242 e. The Bertz CT molecular complexity index is 772. The number of Topliss-reactive ketones (excluding diaryl/α,β-unsaturated/α-hetero) is 1. The van der Waals surface area contributed by atoms with Crippen molar-refractivity contribution in [3.63, 3.8) is 0 Å². The van der Waals surface area contributed by atoms with Gasteiger partial charge in [-0.2, -0.15) is 5.10 Å². The van der Waals surface area contributed by atoms with E-state index in [1.165, 1.54) is 0 Å². The monoisotopic (exact) mass is 280 g/mol. The first-order chi connectivity index (χ1) is 10.1. The molecule has 1 N–H and O–H groups in total. The summed E-state index contributed by atoms with van der Waals surface area (Å²) >= 11 is 0. The van der Waals surface area contributed by atoms with Crippen LogP contribution in [-0.4, -0.2) is 17.4 Å². The molecular formula is C17H16N2O2. The fraction of sp³-hybridized carbons (Fsp3) is 0.235. The minimum Gasteiger partial charge on any atom is -0.287 e. The van der Waals surface area contributed by atoms with Crippen molar-refractivity contribution >= 4 is 28.2 Å². The van der Waals surface area contributed by atoms with Crippen LogP contribution in [0.3, 0.4) is 0 Å². The molecule has 4 nitrogen and oxygen atoms in total. The van der Waals surface area contributed by atoms with Gasteiger partial charge in [-0.3, -0.25) is 9.59 Å². The molecule has 0 heterocycles. The van der Waals surface area contributed by atoms with Crippen LogP contribution >= 0.6 is 0 Å². The summed E-state index contributed by atoms with van der Waals surface area (Å²) in [5.74, 6) is -0.420. The minimum absolute atomic E-state index is 0.121. The fourth-order valence-corrected chi connectivity index (χ4v) is 2.50. The van der Waals surface area contributed by atoms with Crippen LogP contribution < -0.4 is 5.43 Å². The normalized spacial score (nSPS) is 16.5. The average Bonchev–Trinajstić information content (AvgIpc) is 2.79. The molecule has 0 fully saturated rings. The lowest BCUT2D eigenvalue weighted by Gasteiger charge is -2.06. The van der Waals surface area contributed by atoms with Gasteiger partial charge in [0, 0.05) is 22.4 Å². The van der Waals surface area contributed by atoms with Gasteiger partial charge >= 0.3 is 0 Å². The highest BCUT2D eigenvalue weighted by atomic mass is 16.2. The Balaban J connectivity index is 2.02. The Morgan fingerprint density at radius 1 is 1.19 bits per heavy atom. The highest BCUT2D eigenvalue weighted by Crippen LogP contribution is 2.30. The molecule has 0 aromatic heterocycles. The summed E-state index contributed by atoms with van der Waals surface area (Å²) in [5, 5.41) is 6.01. The molecule has 0 spiro atoms. The fourth-order valence-electron chi connectivity index (χ4n) is 2.50. The molecule has 1 atom stereocenters. The van der Waals surface area contributed by atoms with Crippen molar-refractivity contribution < 1.29 is 9.59 Å². The van der Waals surface area contributed by atoms with Gasteiger partial charge < -0.3 is 0 Å². The number of nitrogens with zero attached hydrogens (tertiary/aromatic N) is 1. The van der Waals surface area contributed by atoms with E-state index in [1.54, 1.807) is 6.07 Å². The molecule has 4 heteroatoms. The van der Waals surface area contributed by atoms with Crippen molar-refractivity contribution in [1.29, 1.82) is 0 Å². The molecule has 1 unspecified atom stereocenters. The van der Waals surface area contributed by atoms with Crippen molar-refractivity contribution in [3.05, 3.63) is 47.5 Å². The second kappa shape index (κ2) is 5.13. The Morgan fingerprint density at radius 3 is 2.52 bits per heavy atom. The van der Waals surface area contributed by atoms with Crippen LogP contribution in [-0.2, 0) is 4.79 Å². The summed E-state index contributed by atoms with van der Waals surface area (Å²) in [5.41, 5.74) is 4.27. The molecule has 0 radical (unpaired) electrons. The van der Waals surface area contributed by atoms with Gasteiger partial charge in [0.15, 0.2) is 0 Å². The van der Waals surface area contributed by atoms with Gasteiger partial charge in [0.1, 0.15) is 5.71 Å². The van der Waals surface area contributed by atoms with E-state index in [-0.39, 0.29) is 17.6 Å². The SMILES string of the molecule is CCC(C)C(=O)N/N=C1/C(=O)c2cccc3cccc1c23. The third-order valence-corrected chi connectivity index (χ3v) is 3.96. The zero-order valence-electron chi connectivity index (χ0n) is 12.0. The Labute approximate surface area is 122 Å². The van der Waals surface area contributed by atoms with Crippen molar-refractivity contribution in [2.75, 3.05) is 0 Å². The third-order valence-electron chi connectivity index (χ3n) is 3.96. The van der Waals surface area contributed by atoms with Gasteiger partial charge in [0.25, 0.3) is 0 Å². The number of ketones is 1. The summed E-state index contributed by atoms with van der Waals surface area (Å²) in [6.45, 7) is 3.77. The Kier molecular flexibility index (Phi) is 3.29. The molecule has 2 aromatic rings. The van der Waals surface area contributed by atoms with E-state index >= 15 is 0 Å². The third kappa shape index (κ3) is 2.13. The number of amides is 1. The molecule has 0 bridgehead atoms. The molecule has 2 aromatic carbocycles. The maximum absolute atomic E-state index is 12.4. The second-order valence-electron chi connectivity index (χ2n) is 5.28. The molecule has 1 amide bonds. The van der Waals surface area contributed by atoms with Gasteiger partial charge in [0.05, 0.1) is 0 Å². The number of hydrazone groups is 1. The molecule has 3 rings (SSSR count). The summed E-state index contributed by atoms with van der Waals surface area (Å²) in [6, 6.07) is 11.4. The molecule has 1 aliphatic rings. The summed E-state index contributed by atoms with van der Waals surface area (Å²) in [6.07, 6.45) is 0.737. The number of carbonyl (C=O) groups is 2. The summed E-state index contributed by atoms with van der Waals surface area (Å²) in [4.78, 5) is 24.3. The first kappa shape index (κ1) is 13.5. The van der Waals surface area contributed by atoms with E-state index in [9.17, 15) is 9.59 Å². The van der Waals surface area contributed by atoms with Crippen LogP contribution in [0.15, 0.2) is 41.5 Å². The van der Waals surface area contributed by atoms with Crippen molar-refractivity contribution in [2.45, 2.75) is 20.3 Å². The van der Waals surface area contributed by atoms with Crippen LogP contribution in [0.4, 0.5) is 0 Å². The number of benzene rings is 2. The molecule has 0 saturated heterocycles. The van der Waals surface area contributed by atoms with E-state index in [0.29, 0.717) is 11.3 Å². The molecule has 1 aliphatic carbocycles. The van der Waals surface area contributed by atoms with E-state index < -0.39 is 0 Å². The predicted octanol–water partition coefficient (Wildman–Crippen LogP) is 2.90. The number of rotatable bonds is 3. The van der Waals surface area contributed by atoms with E-state index in [4.69, 9.17) is 0 Å². The maximum atomic E-state index is 12.4. The standard InChI is InChI=1S/C17H16N2O2/c1-3-10(2)17(21)19-18-15-12-8-4-6-11-7-5-9-13(14(11)12)16(15)20/h4-10H,3H2,1-2H3,(H,19,21)/b18-15+. The summed E-state index contributed by atoms with van der Waals surface area (Å²) in [7, 11) is 0. The topological polar surface area (TPSA) is 58.5 Å². The zero-order chi connectivity index (χ0) is 15.0. The predicted molar refractivity (Wildman–Crippen MR) is 82.4 cm³/mol. The van der Waals surface area contributed by atoms with Gasteiger partial charge in [0.2, 0.25) is 11.7 Å². The van der Waals surface area contributed by atoms with Crippen molar-refractivity contribution in [1.82, 2.24) is 5.43 Å². The first-order valence-corrected chi connectivity index (χ1v) is 7.07. The lowest BCUT2D eigenvalue weighted by molar-refractivity contribution is -0.124. The molecule has 21 heavy (non-hydrogen) atoms. The molecule has 0 saturated carbocycles. The number of nitrogens with one attached hydrogen (secondary N) is 1. The quantitative estimate of drug-likeness (QED) is 0.879. The minimum atomic E-state index is -0.166. The average molecular weight is 280 g/mol. The Morgan fingerprint density at radius 2 is 1.86 bits per heavy atom. The van der Waals surface area contributed by atoms with Gasteiger partial charge in [-0.25, -0.2) is 5.43 Å². The smallest absolute Gasteiger partial charge is 0.242 e. The largest absolute Gasteiger partial charge is 0.287 e. The highest BCUT2D eigenvalue weighted by molar-refractivity contribution is 6.59. The summed E-state index contributed by atoms with van der Waals surface area (Å²) < 4.78 is 0. The molecular weight excluding hydrogens is 264 g/mol. The number of carbonyl (C=O) groups excluding carboxylic acids is 2. The second-order valence-corrected chi connectivity index (χ2v) is 5.28. The number of hydrogen-bond acceptors (Lipinski definition) is 3. The van der Waals surface area contributed by atoms with E-state index in [2.05, 4.69) is 10.5 Å². The zero-order valence-corrected chi connectivity index (χ0v) is 12.0. The lowest BCUT2D eigenvalue weighted by atomic mass is 10.1. The van der Waals surface area contributed by atoms with Gasteiger partial charge in [-0.05, 0) is 11.8 Å². The first-order valence-electron chi connectivity index (χ1n) is 7.07. The highest BCUT2D eigenvalue weighted by Gasteiger charge is 2.29. The van der Waals surface area contributed by atoms with Crippen molar-refractivity contribution in [3.8, 4) is 0 Å². The van der Waals surface area contributed by atoms with Gasteiger partial charge in [-0.1, -0.05) is 50.2 Å². The molecule has 106 valence electrons.